The molecule has 4 aromatic rings. The number of rotatable bonds is 7. The number of carbonyl (C=O) groups is 1. The van der Waals surface area contributed by atoms with E-state index in [-0.39, 0.29) is 17.8 Å². The van der Waals surface area contributed by atoms with Gasteiger partial charge in [0.1, 0.15) is 11.4 Å². The Balaban J connectivity index is 1.76. The quantitative estimate of drug-likeness (QED) is 0.315. The molecule has 0 bridgehead atoms. The van der Waals surface area contributed by atoms with Crippen molar-refractivity contribution in [3.63, 3.8) is 0 Å². The van der Waals surface area contributed by atoms with Crippen LogP contribution in [0.15, 0.2) is 77.6 Å². The van der Waals surface area contributed by atoms with E-state index in [1.165, 1.54) is 21.6 Å². The van der Waals surface area contributed by atoms with E-state index in [9.17, 15) is 22.8 Å². The van der Waals surface area contributed by atoms with Crippen molar-refractivity contribution in [1.29, 1.82) is 0 Å². The average Bonchev–Trinajstić information content (AvgIpc) is 2.90. The standard InChI is InChI=1S/C28H27F3N4O3/c1-4-38-25-15-8-6-13-22(25)33-27(37)35(18(2)19-10-9-11-20(16-19)28(29,30)31)17-23-26(36)34(3)24-14-7-5-12-21(24)32-23/h5-16,18H,4,17H2,1-3H3,(H,33,37). The van der Waals surface area contributed by atoms with Gasteiger partial charge >= 0.3 is 12.2 Å². The molecule has 198 valence electrons. The number of fused-ring (bicyclic) bond motifs is 1. The number of anilines is 1. The summed E-state index contributed by atoms with van der Waals surface area (Å²) in [6.45, 7) is 3.54. The van der Waals surface area contributed by atoms with Crippen molar-refractivity contribution in [3.8, 4) is 5.75 Å². The predicted octanol–water partition coefficient (Wildman–Crippen LogP) is 6.15. The number of para-hydroxylation sites is 4. The van der Waals surface area contributed by atoms with Crippen LogP contribution in [0.25, 0.3) is 11.0 Å². The predicted molar refractivity (Wildman–Crippen MR) is 139 cm³/mol. The smallest absolute Gasteiger partial charge is 0.416 e. The van der Waals surface area contributed by atoms with Crippen molar-refractivity contribution in [1.82, 2.24) is 14.5 Å². The van der Waals surface area contributed by atoms with Crippen LogP contribution in [-0.2, 0) is 19.8 Å². The van der Waals surface area contributed by atoms with Gasteiger partial charge in [-0.25, -0.2) is 9.78 Å². The minimum Gasteiger partial charge on any atom is -0.492 e. The molecule has 0 saturated carbocycles. The number of urea groups is 1. The van der Waals surface area contributed by atoms with E-state index in [0.29, 0.717) is 29.1 Å². The van der Waals surface area contributed by atoms with E-state index in [2.05, 4.69) is 10.3 Å². The largest absolute Gasteiger partial charge is 0.492 e. The molecule has 38 heavy (non-hydrogen) atoms. The van der Waals surface area contributed by atoms with Gasteiger partial charge in [0.2, 0.25) is 0 Å². The molecular weight excluding hydrogens is 497 g/mol. The number of aryl methyl sites for hydroxylation is 1. The lowest BCUT2D eigenvalue weighted by atomic mass is 10.0. The zero-order valence-electron chi connectivity index (χ0n) is 21.1. The molecular formula is C28H27F3N4O3. The fraction of sp³-hybridized carbons (Fsp3) is 0.250. The average molecular weight is 525 g/mol. The first-order valence-corrected chi connectivity index (χ1v) is 12.0. The number of hydrogen-bond donors (Lipinski definition) is 1. The summed E-state index contributed by atoms with van der Waals surface area (Å²) in [5.41, 5.74) is 0.659. The lowest BCUT2D eigenvalue weighted by molar-refractivity contribution is -0.137. The summed E-state index contributed by atoms with van der Waals surface area (Å²) in [5, 5.41) is 2.79. The molecule has 0 spiro atoms. The van der Waals surface area contributed by atoms with Gasteiger partial charge in [-0.2, -0.15) is 13.2 Å². The fourth-order valence-electron chi connectivity index (χ4n) is 4.18. The Labute approximate surface area is 217 Å². The zero-order valence-corrected chi connectivity index (χ0v) is 21.1. The van der Waals surface area contributed by atoms with E-state index in [1.807, 2.05) is 6.92 Å². The van der Waals surface area contributed by atoms with E-state index in [4.69, 9.17) is 4.74 Å². The number of benzene rings is 3. The van der Waals surface area contributed by atoms with Gasteiger partial charge in [-0.3, -0.25) is 4.79 Å². The molecule has 10 heteroatoms. The first kappa shape index (κ1) is 26.7. The minimum atomic E-state index is -4.55. The van der Waals surface area contributed by atoms with Crippen molar-refractivity contribution >= 4 is 22.8 Å². The Kier molecular flexibility index (Phi) is 7.70. The Morgan fingerprint density at radius 1 is 1.08 bits per heavy atom. The third-order valence-corrected chi connectivity index (χ3v) is 6.22. The first-order chi connectivity index (χ1) is 18.1. The van der Waals surface area contributed by atoms with Gasteiger partial charge in [-0.1, -0.05) is 36.4 Å². The number of amides is 2. The number of carbonyl (C=O) groups excluding carboxylic acids is 1. The summed E-state index contributed by atoms with van der Waals surface area (Å²) in [5.74, 6) is 0.440. The summed E-state index contributed by atoms with van der Waals surface area (Å²) in [6, 6.07) is 17.2. The minimum absolute atomic E-state index is 0.0817. The molecule has 3 aromatic carbocycles. The van der Waals surface area contributed by atoms with Gasteiger partial charge in [0, 0.05) is 7.05 Å². The number of hydrogen-bond acceptors (Lipinski definition) is 4. The molecule has 1 aromatic heterocycles. The number of alkyl halides is 3. The highest BCUT2D eigenvalue weighted by Crippen LogP contribution is 2.33. The second kappa shape index (κ2) is 11.0. The third-order valence-electron chi connectivity index (χ3n) is 6.22. The van der Waals surface area contributed by atoms with E-state index in [0.717, 1.165) is 12.1 Å². The molecule has 4 rings (SSSR count). The van der Waals surface area contributed by atoms with Crippen LogP contribution in [0.2, 0.25) is 0 Å². The highest BCUT2D eigenvalue weighted by atomic mass is 19.4. The number of ether oxygens (including phenoxy) is 1. The van der Waals surface area contributed by atoms with Gasteiger partial charge in [0.25, 0.3) is 5.56 Å². The summed E-state index contributed by atoms with van der Waals surface area (Å²) in [6.07, 6.45) is -4.55. The zero-order chi connectivity index (χ0) is 27.4. The van der Waals surface area contributed by atoms with Crippen molar-refractivity contribution in [2.75, 3.05) is 11.9 Å². The monoisotopic (exact) mass is 524 g/mol. The van der Waals surface area contributed by atoms with Crippen LogP contribution < -0.4 is 15.6 Å². The molecule has 1 heterocycles. The SMILES string of the molecule is CCOc1ccccc1NC(=O)N(Cc1nc2ccccc2n(C)c1=O)C(C)c1cccc(C(F)(F)F)c1. The maximum absolute atomic E-state index is 13.6. The van der Waals surface area contributed by atoms with Crippen molar-refractivity contribution in [2.45, 2.75) is 32.6 Å². The number of halogens is 3. The van der Waals surface area contributed by atoms with Crippen LogP contribution in [0.4, 0.5) is 23.7 Å². The molecule has 1 unspecified atom stereocenters. The third kappa shape index (κ3) is 5.64. The molecule has 7 nitrogen and oxygen atoms in total. The van der Waals surface area contributed by atoms with Crippen LogP contribution in [-0.4, -0.2) is 27.1 Å². The second-order valence-electron chi connectivity index (χ2n) is 8.70. The molecule has 2 amide bonds. The maximum atomic E-state index is 13.6. The molecule has 0 saturated heterocycles. The molecule has 1 atom stereocenters. The molecule has 0 aliphatic rings. The van der Waals surface area contributed by atoms with Gasteiger partial charge in [-0.15, -0.1) is 0 Å². The Morgan fingerprint density at radius 3 is 2.53 bits per heavy atom. The topological polar surface area (TPSA) is 76.5 Å². The molecule has 0 aliphatic carbocycles. The molecule has 0 radical (unpaired) electrons. The number of aromatic nitrogens is 2. The van der Waals surface area contributed by atoms with Crippen LogP contribution in [0.3, 0.4) is 0 Å². The van der Waals surface area contributed by atoms with E-state index in [1.54, 1.807) is 62.5 Å². The lowest BCUT2D eigenvalue weighted by Gasteiger charge is -2.30. The van der Waals surface area contributed by atoms with Crippen LogP contribution in [0.1, 0.15) is 36.7 Å². The van der Waals surface area contributed by atoms with Crippen molar-refractivity contribution in [2.24, 2.45) is 7.05 Å². The molecule has 0 aliphatic heterocycles. The normalized spacial score (nSPS) is 12.3. The molecule has 0 fully saturated rings. The number of nitrogens with zero attached hydrogens (tertiary/aromatic N) is 3. The maximum Gasteiger partial charge on any atom is 0.416 e. The number of nitrogens with one attached hydrogen (secondary N) is 1. The van der Waals surface area contributed by atoms with Gasteiger partial charge < -0.3 is 19.5 Å². The Bertz CT molecular complexity index is 1520. The Hall–Kier alpha value is -4.34. The second-order valence-corrected chi connectivity index (χ2v) is 8.70. The highest BCUT2D eigenvalue weighted by Gasteiger charge is 2.32. The van der Waals surface area contributed by atoms with Crippen LogP contribution in [0, 0.1) is 0 Å². The van der Waals surface area contributed by atoms with E-state index < -0.39 is 29.4 Å². The summed E-state index contributed by atoms with van der Waals surface area (Å²) < 4.78 is 47.3. The lowest BCUT2D eigenvalue weighted by Crippen LogP contribution is -2.39. The summed E-state index contributed by atoms with van der Waals surface area (Å²) in [4.78, 5) is 32.6. The highest BCUT2D eigenvalue weighted by molar-refractivity contribution is 5.91. The van der Waals surface area contributed by atoms with Gasteiger partial charge in [0.05, 0.1) is 41.5 Å². The van der Waals surface area contributed by atoms with E-state index >= 15 is 0 Å². The van der Waals surface area contributed by atoms with Crippen molar-refractivity contribution < 1.29 is 22.7 Å². The van der Waals surface area contributed by atoms with Crippen molar-refractivity contribution in [3.05, 3.63) is 100.0 Å². The van der Waals surface area contributed by atoms with Gasteiger partial charge in [-0.05, 0) is 55.8 Å². The molecule has 1 N–H and O–H groups in total. The van der Waals surface area contributed by atoms with Crippen LogP contribution in [0.5, 0.6) is 5.75 Å². The Morgan fingerprint density at radius 2 is 1.79 bits per heavy atom. The fourth-order valence-corrected chi connectivity index (χ4v) is 4.18. The first-order valence-electron chi connectivity index (χ1n) is 12.0. The summed E-state index contributed by atoms with van der Waals surface area (Å²) >= 11 is 0. The van der Waals surface area contributed by atoms with Gasteiger partial charge in [0.15, 0.2) is 0 Å². The van der Waals surface area contributed by atoms with Crippen LogP contribution >= 0.6 is 0 Å². The summed E-state index contributed by atoms with van der Waals surface area (Å²) in [7, 11) is 1.61.